The number of carbonyl (C=O) groups excluding carboxylic acids is 2. The van der Waals surface area contributed by atoms with Crippen molar-refractivity contribution in [1.82, 2.24) is 14.9 Å². The molecule has 0 aliphatic heterocycles. The van der Waals surface area contributed by atoms with Gasteiger partial charge >= 0.3 is 0 Å². The van der Waals surface area contributed by atoms with E-state index < -0.39 is 11.8 Å². The van der Waals surface area contributed by atoms with Gasteiger partial charge in [0.25, 0.3) is 5.91 Å². The van der Waals surface area contributed by atoms with Crippen LogP contribution < -0.4 is 16.5 Å². The predicted molar refractivity (Wildman–Crippen MR) is 138 cm³/mol. The van der Waals surface area contributed by atoms with Gasteiger partial charge in [0.2, 0.25) is 5.91 Å². The highest BCUT2D eigenvalue weighted by Crippen LogP contribution is 2.30. The summed E-state index contributed by atoms with van der Waals surface area (Å²) in [5, 5.41) is 2.90. The molecule has 5 rings (SSSR count). The van der Waals surface area contributed by atoms with Crippen molar-refractivity contribution < 1.29 is 14.0 Å². The van der Waals surface area contributed by atoms with Crippen molar-refractivity contribution in [2.75, 3.05) is 6.54 Å². The molecule has 0 spiro atoms. The summed E-state index contributed by atoms with van der Waals surface area (Å²) in [4.78, 5) is 40.9. The molecule has 0 aliphatic rings. The van der Waals surface area contributed by atoms with Crippen molar-refractivity contribution >= 4 is 33.8 Å². The van der Waals surface area contributed by atoms with E-state index in [1.807, 2.05) is 36.4 Å². The molecule has 36 heavy (non-hydrogen) atoms. The molecule has 0 saturated heterocycles. The molecular weight excluding hydrogens is 456 g/mol. The Morgan fingerprint density at radius 3 is 2.44 bits per heavy atom. The fourth-order valence-corrected chi connectivity index (χ4v) is 4.23. The molecule has 0 aliphatic carbocycles. The van der Waals surface area contributed by atoms with E-state index in [9.17, 15) is 14.4 Å². The Labute approximate surface area is 206 Å². The first-order valence-corrected chi connectivity index (χ1v) is 11.6. The van der Waals surface area contributed by atoms with Crippen LogP contribution in [0, 0.1) is 0 Å². The van der Waals surface area contributed by atoms with Crippen molar-refractivity contribution in [1.29, 1.82) is 0 Å². The van der Waals surface area contributed by atoms with Crippen LogP contribution in [0.1, 0.15) is 23.7 Å². The summed E-state index contributed by atoms with van der Waals surface area (Å²) in [7, 11) is 0. The molecule has 0 radical (unpaired) electrons. The van der Waals surface area contributed by atoms with Gasteiger partial charge in [-0.2, -0.15) is 0 Å². The van der Waals surface area contributed by atoms with E-state index in [1.165, 1.54) is 6.07 Å². The largest absolute Gasteiger partial charge is 0.456 e. The summed E-state index contributed by atoms with van der Waals surface area (Å²) in [5.41, 5.74) is 9.00. The number of nitrogens with two attached hydrogens (primary N) is 1. The summed E-state index contributed by atoms with van der Waals surface area (Å²) >= 11 is 0. The average molecular weight is 481 g/mol. The van der Waals surface area contributed by atoms with E-state index in [2.05, 4.69) is 16.8 Å². The summed E-state index contributed by atoms with van der Waals surface area (Å²) < 4.78 is 8.31. The number of rotatable bonds is 7. The van der Waals surface area contributed by atoms with Gasteiger partial charge in [-0.1, -0.05) is 49.4 Å². The molecule has 0 unspecified atom stereocenters. The number of fused-ring (bicyclic) bond motifs is 2. The third-order valence-corrected chi connectivity index (χ3v) is 5.93. The van der Waals surface area contributed by atoms with Crippen molar-refractivity contribution in [2.45, 2.75) is 19.9 Å². The van der Waals surface area contributed by atoms with Crippen molar-refractivity contribution in [3.63, 3.8) is 0 Å². The highest BCUT2D eigenvalue weighted by Gasteiger charge is 2.16. The Morgan fingerprint density at radius 2 is 1.75 bits per heavy atom. The van der Waals surface area contributed by atoms with E-state index in [-0.39, 0.29) is 12.0 Å². The molecule has 2 heterocycles. The molecule has 3 aromatic carbocycles. The van der Waals surface area contributed by atoms with E-state index in [0.717, 1.165) is 35.4 Å². The number of carbonyl (C=O) groups is 2. The minimum Gasteiger partial charge on any atom is -0.456 e. The monoisotopic (exact) mass is 480 g/mol. The molecule has 2 aromatic heterocycles. The second-order valence-corrected chi connectivity index (χ2v) is 8.49. The van der Waals surface area contributed by atoms with Crippen molar-refractivity contribution in [2.24, 2.45) is 5.73 Å². The van der Waals surface area contributed by atoms with Gasteiger partial charge < -0.3 is 20.0 Å². The van der Waals surface area contributed by atoms with Crippen LogP contribution in [0.2, 0.25) is 0 Å². The number of amides is 2. The summed E-state index contributed by atoms with van der Waals surface area (Å²) in [5.74, 6) is 0.200. The normalized spacial score (nSPS) is 11.1. The maximum absolute atomic E-state index is 13.0. The highest BCUT2D eigenvalue weighted by molar-refractivity contribution is 5.97. The average Bonchev–Trinajstić information content (AvgIpc) is 3.24. The van der Waals surface area contributed by atoms with Crippen molar-refractivity contribution in [3.05, 3.63) is 88.6 Å². The minimum absolute atomic E-state index is 0.178. The fraction of sp³-hybridized carbons (Fsp3) is 0.143. The Bertz CT molecular complexity index is 1650. The van der Waals surface area contributed by atoms with E-state index >= 15 is 0 Å². The van der Waals surface area contributed by atoms with Gasteiger partial charge in [0, 0.05) is 35.4 Å². The quantitative estimate of drug-likeness (QED) is 0.363. The second-order valence-electron chi connectivity index (χ2n) is 8.49. The summed E-state index contributed by atoms with van der Waals surface area (Å²) in [6, 6.07) is 21.6. The molecular formula is C28H24N4O4. The highest BCUT2D eigenvalue weighted by atomic mass is 16.3. The molecule has 3 N–H and O–H groups in total. The van der Waals surface area contributed by atoms with Crippen molar-refractivity contribution in [3.8, 4) is 22.7 Å². The molecule has 8 heteroatoms. The first-order chi connectivity index (χ1) is 17.4. The summed E-state index contributed by atoms with van der Waals surface area (Å²) in [6.07, 6.45) is 0.923. The van der Waals surface area contributed by atoms with Crippen LogP contribution in [0.3, 0.4) is 0 Å². The van der Waals surface area contributed by atoms with Crippen LogP contribution in [-0.2, 0) is 11.3 Å². The van der Waals surface area contributed by atoms with Crippen LogP contribution in [-0.4, -0.2) is 27.9 Å². The Balaban J connectivity index is 1.57. The number of hydrogen-bond acceptors (Lipinski definition) is 5. The van der Waals surface area contributed by atoms with Gasteiger partial charge in [0.1, 0.15) is 17.2 Å². The van der Waals surface area contributed by atoms with Gasteiger partial charge in [0.05, 0.1) is 23.0 Å². The molecule has 2 amide bonds. The molecule has 0 saturated carbocycles. The number of primary amides is 1. The molecule has 180 valence electrons. The van der Waals surface area contributed by atoms with Gasteiger partial charge in [0.15, 0.2) is 5.43 Å². The number of nitrogens with one attached hydrogen (secondary N) is 1. The van der Waals surface area contributed by atoms with Gasteiger partial charge in [-0.3, -0.25) is 14.4 Å². The first-order valence-electron chi connectivity index (χ1n) is 11.6. The third-order valence-electron chi connectivity index (χ3n) is 5.93. The number of imidazole rings is 1. The number of nitrogens with zero attached hydrogens (tertiary/aromatic N) is 2. The van der Waals surface area contributed by atoms with Gasteiger partial charge in [-0.25, -0.2) is 4.98 Å². The minimum atomic E-state index is -0.622. The van der Waals surface area contributed by atoms with Crippen LogP contribution >= 0.6 is 0 Å². The zero-order chi connectivity index (χ0) is 25.2. The van der Waals surface area contributed by atoms with Crippen LogP contribution in [0.4, 0.5) is 0 Å². The lowest BCUT2D eigenvalue weighted by Gasteiger charge is -2.08. The number of aryl methyl sites for hydroxylation is 1. The van der Waals surface area contributed by atoms with Gasteiger partial charge in [-0.05, 0) is 24.6 Å². The van der Waals surface area contributed by atoms with Crippen LogP contribution in [0.25, 0.3) is 44.7 Å². The molecule has 8 nitrogen and oxygen atoms in total. The molecule has 0 bridgehead atoms. The van der Waals surface area contributed by atoms with E-state index in [1.54, 1.807) is 30.3 Å². The predicted octanol–water partition coefficient (Wildman–Crippen LogP) is 4.10. The third kappa shape index (κ3) is 4.36. The molecule has 5 aromatic rings. The molecule has 0 fully saturated rings. The number of hydrogen-bond donors (Lipinski definition) is 2. The molecule has 0 atom stereocenters. The number of benzene rings is 3. The SMILES string of the molecule is CCCn1c(-c2ccccc2)nc2cc3c(=O)cc(-c4ccc(C(=O)NCC(N)=O)cc4)oc3cc21. The maximum atomic E-state index is 13.0. The Hall–Kier alpha value is -4.72. The van der Waals surface area contributed by atoms with Crippen LogP contribution in [0.5, 0.6) is 0 Å². The smallest absolute Gasteiger partial charge is 0.251 e. The summed E-state index contributed by atoms with van der Waals surface area (Å²) in [6.45, 7) is 2.64. The number of aromatic nitrogens is 2. The van der Waals surface area contributed by atoms with E-state index in [4.69, 9.17) is 15.1 Å². The maximum Gasteiger partial charge on any atom is 0.251 e. The Kier molecular flexibility index (Phi) is 6.08. The zero-order valence-corrected chi connectivity index (χ0v) is 19.7. The zero-order valence-electron chi connectivity index (χ0n) is 19.7. The lowest BCUT2D eigenvalue weighted by molar-refractivity contribution is -0.117. The topological polar surface area (TPSA) is 120 Å². The van der Waals surface area contributed by atoms with Crippen LogP contribution in [0.15, 0.2) is 82.0 Å². The Morgan fingerprint density at radius 1 is 1.00 bits per heavy atom. The van der Waals surface area contributed by atoms with E-state index in [0.29, 0.717) is 27.9 Å². The first kappa shape index (κ1) is 23.0. The lowest BCUT2D eigenvalue weighted by atomic mass is 10.1. The lowest BCUT2D eigenvalue weighted by Crippen LogP contribution is -2.33. The fourth-order valence-electron chi connectivity index (χ4n) is 4.23. The standard InChI is InChI=1S/C28H24N4O4/c1-2-12-32-22-14-25-20(13-21(22)31-27(32)18-6-4-3-5-7-18)23(33)15-24(36-25)17-8-10-19(11-9-17)28(35)30-16-26(29)34/h3-11,13-15H,2,12,16H2,1H3,(H2,29,34)(H,30,35). The second kappa shape index (κ2) is 9.50. The van der Waals surface area contributed by atoms with Gasteiger partial charge in [-0.15, -0.1) is 0 Å².